The second kappa shape index (κ2) is 7.52. The molecule has 10 heteroatoms. The number of nitrogens with zero attached hydrogens (tertiary/aromatic N) is 2. The fraction of sp³-hybridized carbons (Fsp3) is 0.682. The second-order valence-corrected chi connectivity index (χ2v) is 10.1. The molecule has 1 aromatic heterocycles. The van der Waals surface area contributed by atoms with Gasteiger partial charge in [-0.2, -0.15) is 0 Å². The molecule has 1 spiro atoms. The van der Waals surface area contributed by atoms with Gasteiger partial charge in [-0.15, -0.1) is 13.2 Å². The van der Waals surface area contributed by atoms with E-state index >= 15 is 0 Å². The zero-order valence-electron chi connectivity index (χ0n) is 18.6. The molecule has 1 saturated heterocycles. The van der Waals surface area contributed by atoms with Crippen molar-refractivity contribution >= 4 is 12.0 Å². The lowest BCUT2D eigenvalue weighted by molar-refractivity contribution is -0.274. The summed E-state index contributed by atoms with van der Waals surface area (Å²) < 4.78 is 47.0. The van der Waals surface area contributed by atoms with E-state index in [1.54, 1.807) is 25.7 Å². The minimum atomic E-state index is -4.80. The number of aromatic nitrogens is 1. The van der Waals surface area contributed by atoms with E-state index in [4.69, 9.17) is 4.74 Å². The number of alkyl halides is 3. The highest BCUT2D eigenvalue weighted by Crippen LogP contribution is 2.54. The van der Waals surface area contributed by atoms with Gasteiger partial charge >= 0.3 is 12.5 Å². The normalized spacial score (nSPS) is 29.7. The topological polar surface area (TPSA) is 80.8 Å². The number of alkyl carbamates (subject to hydrolysis) is 1. The van der Waals surface area contributed by atoms with Crippen molar-refractivity contribution in [1.82, 2.24) is 15.2 Å². The van der Waals surface area contributed by atoms with Crippen molar-refractivity contribution in [2.24, 2.45) is 11.3 Å². The molecule has 3 heterocycles. The van der Waals surface area contributed by atoms with Gasteiger partial charge in [0.2, 0.25) is 5.91 Å². The van der Waals surface area contributed by atoms with E-state index in [1.807, 2.05) is 6.92 Å². The van der Waals surface area contributed by atoms with Crippen LogP contribution in [0.5, 0.6) is 5.75 Å². The van der Waals surface area contributed by atoms with E-state index in [9.17, 15) is 22.8 Å². The van der Waals surface area contributed by atoms with Gasteiger partial charge in [0, 0.05) is 30.7 Å². The Balaban J connectivity index is 1.49. The van der Waals surface area contributed by atoms with Crippen molar-refractivity contribution < 1.29 is 32.2 Å². The quantitative estimate of drug-likeness (QED) is 0.731. The van der Waals surface area contributed by atoms with Crippen LogP contribution in [0.1, 0.15) is 58.2 Å². The van der Waals surface area contributed by atoms with Gasteiger partial charge in [0.1, 0.15) is 11.4 Å². The maximum Gasteiger partial charge on any atom is 0.573 e. The minimum Gasteiger partial charge on any atom is -0.444 e. The summed E-state index contributed by atoms with van der Waals surface area (Å²) in [5.74, 6) is -0.357. The van der Waals surface area contributed by atoms with Crippen molar-refractivity contribution in [1.29, 1.82) is 0 Å². The Labute approximate surface area is 184 Å². The molecule has 1 N–H and O–H groups in total. The molecule has 176 valence electrons. The van der Waals surface area contributed by atoms with Gasteiger partial charge in [0.15, 0.2) is 0 Å². The Morgan fingerprint density at radius 2 is 2.03 bits per heavy atom. The highest BCUT2D eigenvalue weighted by atomic mass is 19.4. The number of halogens is 3. The Bertz CT molecular complexity index is 930. The Hall–Kier alpha value is -2.52. The first kappa shape index (κ1) is 22.7. The summed E-state index contributed by atoms with van der Waals surface area (Å²) >= 11 is 0. The highest BCUT2D eigenvalue weighted by molar-refractivity contribution is 5.87. The van der Waals surface area contributed by atoms with Crippen LogP contribution in [0, 0.1) is 11.3 Å². The molecule has 0 radical (unpaired) electrons. The number of fused-ring (bicyclic) bond motifs is 2. The summed E-state index contributed by atoms with van der Waals surface area (Å²) in [6.45, 7) is 7.63. The number of amides is 2. The zero-order valence-corrected chi connectivity index (χ0v) is 18.6. The third-order valence-electron chi connectivity index (χ3n) is 6.82. The van der Waals surface area contributed by atoms with E-state index in [-0.39, 0.29) is 36.2 Å². The number of carbonyl (C=O) groups is 2. The lowest BCUT2D eigenvalue weighted by Gasteiger charge is -2.32. The molecule has 2 fully saturated rings. The molecular weight excluding hydrogens is 427 g/mol. The predicted molar refractivity (Wildman–Crippen MR) is 108 cm³/mol. The largest absolute Gasteiger partial charge is 0.573 e. The second-order valence-electron chi connectivity index (χ2n) is 10.1. The predicted octanol–water partition coefficient (Wildman–Crippen LogP) is 3.95. The summed E-state index contributed by atoms with van der Waals surface area (Å²) in [6, 6.07) is 1.08. The molecule has 4 rings (SSSR count). The third kappa shape index (κ3) is 4.23. The average molecular weight is 455 g/mol. The van der Waals surface area contributed by atoms with Gasteiger partial charge < -0.3 is 19.7 Å². The minimum absolute atomic E-state index is 0.00344. The molecule has 3 aliphatic rings. The molecule has 1 aromatic rings. The standard InChI is InChI=1S/C22H28F3N3O4/c1-12-17-8-16-13(7-15(10-26-16)31-22(23,24)25)11-28(17)18(29)21(12)6-5-14(9-21)27-19(30)32-20(2,3)4/h7,10,12,14,17H,5-6,8-9,11H2,1-4H3,(H,27,30)/t12?,14-,17?,21+/m1/s1. The maximum atomic E-state index is 13.5. The molecular formula is C22H28F3N3O4. The van der Waals surface area contributed by atoms with Crippen LogP contribution in [0.2, 0.25) is 0 Å². The van der Waals surface area contributed by atoms with Crippen LogP contribution in [0.3, 0.4) is 0 Å². The average Bonchev–Trinajstić information content (AvgIpc) is 3.14. The number of pyridine rings is 1. The summed E-state index contributed by atoms with van der Waals surface area (Å²) in [5.41, 5.74) is 0.0590. The van der Waals surface area contributed by atoms with Crippen molar-refractivity contribution in [2.75, 3.05) is 0 Å². The zero-order chi connectivity index (χ0) is 23.5. The van der Waals surface area contributed by atoms with Crippen LogP contribution in [0.15, 0.2) is 12.3 Å². The molecule has 32 heavy (non-hydrogen) atoms. The van der Waals surface area contributed by atoms with Gasteiger partial charge in [0.05, 0.1) is 11.6 Å². The molecule has 2 amide bonds. The SMILES string of the molecule is CC1C2Cc3ncc(OC(F)(F)F)cc3CN2C(=O)[C@]12CC[C@@H](NC(=O)OC(C)(C)C)C2. The number of hydrogen-bond acceptors (Lipinski definition) is 5. The van der Waals surface area contributed by atoms with Crippen molar-refractivity contribution in [3.05, 3.63) is 23.5 Å². The first-order valence-corrected chi connectivity index (χ1v) is 10.8. The van der Waals surface area contributed by atoms with E-state index in [0.717, 1.165) is 6.20 Å². The first-order chi connectivity index (χ1) is 14.8. The summed E-state index contributed by atoms with van der Waals surface area (Å²) in [4.78, 5) is 31.6. The van der Waals surface area contributed by atoms with Crippen LogP contribution in [-0.4, -0.2) is 45.9 Å². The summed E-state index contributed by atoms with van der Waals surface area (Å²) in [6.07, 6.45) is -1.89. The van der Waals surface area contributed by atoms with Gasteiger partial charge in [0.25, 0.3) is 0 Å². The maximum absolute atomic E-state index is 13.5. The van der Waals surface area contributed by atoms with E-state index in [0.29, 0.717) is 36.9 Å². The van der Waals surface area contributed by atoms with Crippen LogP contribution in [0.4, 0.5) is 18.0 Å². The molecule has 0 bridgehead atoms. The molecule has 1 saturated carbocycles. The number of carbonyl (C=O) groups excluding carboxylic acids is 2. The van der Waals surface area contributed by atoms with Crippen molar-refractivity contribution in [3.8, 4) is 5.75 Å². The van der Waals surface area contributed by atoms with E-state index in [1.165, 1.54) is 6.07 Å². The molecule has 0 aromatic carbocycles. The van der Waals surface area contributed by atoms with Gasteiger partial charge in [-0.25, -0.2) is 4.79 Å². The van der Waals surface area contributed by atoms with Gasteiger partial charge in [-0.1, -0.05) is 6.92 Å². The van der Waals surface area contributed by atoms with Crippen molar-refractivity contribution in [2.45, 2.75) is 84.0 Å². The Morgan fingerprint density at radius 1 is 1.31 bits per heavy atom. The summed E-state index contributed by atoms with van der Waals surface area (Å²) in [5, 5.41) is 2.89. The lowest BCUT2D eigenvalue weighted by Crippen LogP contribution is -2.41. The monoisotopic (exact) mass is 455 g/mol. The summed E-state index contributed by atoms with van der Waals surface area (Å²) in [7, 11) is 0. The van der Waals surface area contributed by atoms with Crippen LogP contribution < -0.4 is 10.1 Å². The fourth-order valence-electron chi connectivity index (χ4n) is 5.43. The first-order valence-electron chi connectivity index (χ1n) is 10.8. The van der Waals surface area contributed by atoms with Crippen molar-refractivity contribution in [3.63, 3.8) is 0 Å². The molecule has 2 unspecified atom stereocenters. The Kier molecular flexibility index (Phi) is 5.33. The van der Waals surface area contributed by atoms with E-state index in [2.05, 4.69) is 15.0 Å². The molecule has 1 aliphatic carbocycles. The molecule has 2 aliphatic heterocycles. The number of rotatable bonds is 2. The lowest BCUT2D eigenvalue weighted by atomic mass is 9.73. The van der Waals surface area contributed by atoms with Crippen LogP contribution in [0.25, 0.3) is 0 Å². The van der Waals surface area contributed by atoms with E-state index < -0.39 is 23.5 Å². The molecule has 4 atom stereocenters. The van der Waals surface area contributed by atoms with Gasteiger partial charge in [-0.05, 0) is 57.6 Å². The Morgan fingerprint density at radius 3 is 2.69 bits per heavy atom. The number of hydrogen-bond donors (Lipinski definition) is 1. The molecule has 7 nitrogen and oxygen atoms in total. The smallest absolute Gasteiger partial charge is 0.444 e. The van der Waals surface area contributed by atoms with Gasteiger partial charge in [-0.3, -0.25) is 9.78 Å². The number of nitrogens with one attached hydrogen (secondary N) is 1. The van der Waals surface area contributed by atoms with Crippen LogP contribution in [-0.2, 0) is 22.5 Å². The fourth-order valence-corrected chi connectivity index (χ4v) is 5.43. The number of ether oxygens (including phenoxy) is 2. The van der Waals surface area contributed by atoms with Crippen LogP contribution >= 0.6 is 0 Å². The third-order valence-corrected chi connectivity index (χ3v) is 6.82. The highest BCUT2D eigenvalue weighted by Gasteiger charge is 2.60.